The minimum atomic E-state index is 0.220. The van der Waals surface area contributed by atoms with Crippen LogP contribution in [0.1, 0.15) is 13.3 Å². The Bertz CT molecular complexity index is 592. The Labute approximate surface area is 113 Å². The van der Waals surface area contributed by atoms with Crippen LogP contribution in [-0.4, -0.2) is 26.5 Å². The number of hydrogen-bond donors (Lipinski definition) is 0. The highest BCUT2D eigenvalue weighted by Gasteiger charge is 2.04. The van der Waals surface area contributed by atoms with Gasteiger partial charge in [0.25, 0.3) is 0 Å². The van der Waals surface area contributed by atoms with Crippen molar-refractivity contribution >= 4 is 22.2 Å². The molecule has 0 saturated heterocycles. The fourth-order valence-electron chi connectivity index (χ4n) is 2.03. The van der Waals surface area contributed by atoms with E-state index in [1.165, 1.54) is 5.39 Å². The third-order valence-corrected chi connectivity index (χ3v) is 3.27. The molecule has 2 aromatic carbocycles. The third kappa shape index (κ3) is 3.25. The molecule has 0 fully saturated rings. The molecule has 0 aliphatic carbocycles. The zero-order chi connectivity index (χ0) is 13.8. The largest absolute Gasteiger partial charge is 0.497 e. The standard InChI is InChI=1S/C16H19NO2/c1-12(18)8-9-17(2)15-6-4-14-11-16(19-3)7-5-13(14)10-15/h4-7,10-11H,8-9H2,1-3H3. The average Bonchev–Trinajstić information content (AvgIpc) is 2.43. The summed E-state index contributed by atoms with van der Waals surface area (Å²) in [5.41, 5.74) is 1.12. The van der Waals surface area contributed by atoms with Gasteiger partial charge in [-0.2, -0.15) is 0 Å². The van der Waals surface area contributed by atoms with E-state index in [0.29, 0.717) is 6.42 Å². The maximum atomic E-state index is 11.0. The lowest BCUT2D eigenvalue weighted by atomic mass is 10.1. The van der Waals surface area contributed by atoms with E-state index < -0.39 is 0 Å². The normalized spacial score (nSPS) is 10.5. The number of nitrogens with zero attached hydrogens (tertiary/aromatic N) is 1. The van der Waals surface area contributed by atoms with Gasteiger partial charge in [-0.25, -0.2) is 0 Å². The van der Waals surface area contributed by atoms with Crippen LogP contribution >= 0.6 is 0 Å². The average molecular weight is 257 g/mol. The molecule has 19 heavy (non-hydrogen) atoms. The zero-order valence-corrected chi connectivity index (χ0v) is 11.6. The molecule has 0 unspecified atom stereocenters. The smallest absolute Gasteiger partial charge is 0.131 e. The molecule has 0 atom stereocenters. The molecular formula is C16H19NO2. The van der Waals surface area contributed by atoms with Crippen molar-refractivity contribution in [3.63, 3.8) is 0 Å². The van der Waals surface area contributed by atoms with Crippen molar-refractivity contribution in [1.82, 2.24) is 0 Å². The number of ketones is 1. The Morgan fingerprint density at radius 3 is 2.53 bits per heavy atom. The van der Waals surface area contributed by atoms with Crippen LogP contribution in [0.4, 0.5) is 5.69 Å². The SMILES string of the molecule is COc1ccc2cc(N(C)CCC(C)=O)ccc2c1. The fraction of sp³-hybridized carbons (Fsp3) is 0.312. The number of Topliss-reactive ketones (excluding diaryl/α,β-unsaturated/α-hetero) is 1. The summed E-state index contributed by atoms with van der Waals surface area (Å²) in [5.74, 6) is 1.09. The van der Waals surface area contributed by atoms with Gasteiger partial charge in [-0.3, -0.25) is 4.79 Å². The second-order valence-corrected chi connectivity index (χ2v) is 4.77. The van der Waals surface area contributed by atoms with Gasteiger partial charge in [-0.15, -0.1) is 0 Å². The van der Waals surface area contributed by atoms with E-state index in [4.69, 9.17) is 4.74 Å². The van der Waals surface area contributed by atoms with Gasteiger partial charge in [0.1, 0.15) is 11.5 Å². The van der Waals surface area contributed by atoms with Crippen LogP contribution in [0, 0.1) is 0 Å². The van der Waals surface area contributed by atoms with Crippen molar-refractivity contribution in [2.75, 3.05) is 25.6 Å². The molecule has 0 aliphatic heterocycles. The third-order valence-electron chi connectivity index (χ3n) is 3.27. The summed E-state index contributed by atoms with van der Waals surface area (Å²) in [6.45, 7) is 2.37. The number of anilines is 1. The molecule has 0 heterocycles. The van der Waals surface area contributed by atoms with Gasteiger partial charge in [0, 0.05) is 25.7 Å². The van der Waals surface area contributed by atoms with Gasteiger partial charge < -0.3 is 9.64 Å². The molecule has 0 saturated carbocycles. The number of carbonyl (C=O) groups excluding carboxylic acids is 1. The number of carbonyl (C=O) groups is 1. The van der Waals surface area contributed by atoms with Gasteiger partial charge >= 0.3 is 0 Å². The molecule has 0 spiro atoms. The van der Waals surface area contributed by atoms with Crippen molar-refractivity contribution in [2.45, 2.75) is 13.3 Å². The number of hydrogen-bond acceptors (Lipinski definition) is 3. The molecule has 0 aliphatic rings. The molecule has 3 heteroatoms. The monoisotopic (exact) mass is 257 g/mol. The Morgan fingerprint density at radius 2 is 1.84 bits per heavy atom. The highest BCUT2D eigenvalue weighted by atomic mass is 16.5. The van der Waals surface area contributed by atoms with Gasteiger partial charge in [0.05, 0.1) is 7.11 Å². The van der Waals surface area contributed by atoms with Crippen LogP contribution < -0.4 is 9.64 Å². The lowest BCUT2D eigenvalue weighted by Gasteiger charge is -2.19. The van der Waals surface area contributed by atoms with Crippen LogP contribution in [0.15, 0.2) is 36.4 Å². The summed E-state index contributed by atoms with van der Waals surface area (Å²) in [6.07, 6.45) is 0.581. The molecule has 0 aromatic heterocycles. The Kier molecular flexibility index (Phi) is 4.05. The quantitative estimate of drug-likeness (QED) is 0.823. The predicted molar refractivity (Wildman–Crippen MR) is 79.1 cm³/mol. The van der Waals surface area contributed by atoms with Gasteiger partial charge in [0.15, 0.2) is 0 Å². The number of benzene rings is 2. The Hall–Kier alpha value is -2.03. The predicted octanol–water partition coefficient (Wildman–Crippen LogP) is 3.26. The first-order valence-electron chi connectivity index (χ1n) is 6.38. The fourth-order valence-corrected chi connectivity index (χ4v) is 2.03. The minimum Gasteiger partial charge on any atom is -0.497 e. The van der Waals surface area contributed by atoms with Crippen molar-refractivity contribution < 1.29 is 9.53 Å². The van der Waals surface area contributed by atoms with Crippen molar-refractivity contribution in [2.24, 2.45) is 0 Å². The molecule has 3 nitrogen and oxygen atoms in total. The van der Waals surface area contributed by atoms with Crippen LogP contribution in [0.2, 0.25) is 0 Å². The van der Waals surface area contributed by atoms with E-state index in [-0.39, 0.29) is 5.78 Å². The second kappa shape index (κ2) is 5.74. The second-order valence-electron chi connectivity index (χ2n) is 4.77. The Balaban J connectivity index is 2.23. The minimum absolute atomic E-state index is 0.220. The van der Waals surface area contributed by atoms with Gasteiger partial charge in [0.2, 0.25) is 0 Å². The molecule has 100 valence electrons. The number of methoxy groups -OCH3 is 1. The van der Waals surface area contributed by atoms with Crippen LogP contribution in [0.5, 0.6) is 5.75 Å². The van der Waals surface area contributed by atoms with Gasteiger partial charge in [-0.1, -0.05) is 12.1 Å². The lowest BCUT2D eigenvalue weighted by Crippen LogP contribution is -2.20. The van der Waals surface area contributed by atoms with E-state index in [1.54, 1.807) is 14.0 Å². The van der Waals surface area contributed by atoms with E-state index >= 15 is 0 Å². The van der Waals surface area contributed by atoms with Crippen molar-refractivity contribution in [3.8, 4) is 5.75 Å². The summed E-state index contributed by atoms with van der Waals surface area (Å²) in [4.78, 5) is 13.1. The molecule has 0 N–H and O–H groups in total. The summed E-state index contributed by atoms with van der Waals surface area (Å²) >= 11 is 0. The van der Waals surface area contributed by atoms with Crippen LogP contribution in [0.25, 0.3) is 10.8 Å². The van der Waals surface area contributed by atoms with E-state index in [0.717, 1.165) is 23.4 Å². The summed E-state index contributed by atoms with van der Waals surface area (Å²) < 4.78 is 5.22. The molecule has 2 rings (SSSR count). The maximum absolute atomic E-state index is 11.0. The van der Waals surface area contributed by atoms with Gasteiger partial charge in [-0.05, 0) is 42.0 Å². The summed E-state index contributed by atoms with van der Waals surface area (Å²) in [7, 11) is 3.68. The highest BCUT2D eigenvalue weighted by Crippen LogP contribution is 2.25. The topological polar surface area (TPSA) is 29.5 Å². The summed E-state index contributed by atoms with van der Waals surface area (Å²) in [5, 5.41) is 2.33. The maximum Gasteiger partial charge on any atom is 0.131 e. The first kappa shape index (κ1) is 13.4. The number of ether oxygens (including phenoxy) is 1. The Morgan fingerprint density at radius 1 is 1.16 bits per heavy atom. The van der Waals surface area contributed by atoms with Crippen LogP contribution in [0.3, 0.4) is 0 Å². The molecule has 2 aromatic rings. The molecule has 0 amide bonds. The molecule has 0 bridgehead atoms. The number of fused-ring (bicyclic) bond motifs is 1. The van der Waals surface area contributed by atoms with E-state index in [1.807, 2.05) is 19.2 Å². The lowest BCUT2D eigenvalue weighted by molar-refractivity contribution is -0.116. The molecule has 0 radical (unpaired) electrons. The summed E-state index contributed by atoms with van der Waals surface area (Å²) in [6, 6.07) is 12.3. The van der Waals surface area contributed by atoms with Crippen LogP contribution in [-0.2, 0) is 4.79 Å². The first-order chi connectivity index (χ1) is 9.10. The zero-order valence-electron chi connectivity index (χ0n) is 11.6. The number of rotatable bonds is 5. The van der Waals surface area contributed by atoms with Crippen molar-refractivity contribution in [1.29, 1.82) is 0 Å². The first-order valence-corrected chi connectivity index (χ1v) is 6.38. The van der Waals surface area contributed by atoms with E-state index in [9.17, 15) is 4.79 Å². The van der Waals surface area contributed by atoms with Crippen molar-refractivity contribution in [3.05, 3.63) is 36.4 Å². The van der Waals surface area contributed by atoms with E-state index in [2.05, 4.69) is 29.2 Å². The highest BCUT2D eigenvalue weighted by molar-refractivity contribution is 5.87. The molecular weight excluding hydrogens is 238 g/mol.